The van der Waals surface area contributed by atoms with E-state index in [9.17, 15) is 0 Å². The third-order valence-electron chi connectivity index (χ3n) is 2.90. The number of aromatic nitrogens is 2. The van der Waals surface area contributed by atoms with Gasteiger partial charge in [0.05, 0.1) is 0 Å². The fourth-order valence-corrected chi connectivity index (χ4v) is 2.01. The van der Waals surface area contributed by atoms with Crippen molar-refractivity contribution in [3.8, 4) is 0 Å². The molecule has 0 amide bonds. The molecule has 1 aliphatic rings. The minimum atomic E-state index is 0.398. The van der Waals surface area contributed by atoms with Crippen molar-refractivity contribution in [1.29, 1.82) is 0 Å². The molecule has 0 spiro atoms. The van der Waals surface area contributed by atoms with Crippen LogP contribution < -0.4 is 11.1 Å². The van der Waals surface area contributed by atoms with Gasteiger partial charge in [0.15, 0.2) is 0 Å². The topological polar surface area (TPSA) is 63.8 Å². The van der Waals surface area contributed by atoms with Gasteiger partial charge in [-0.15, -0.1) is 0 Å². The Kier molecular flexibility index (Phi) is 3.16. The summed E-state index contributed by atoms with van der Waals surface area (Å²) in [5.41, 5.74) is 5.86. The third-order valence-corrected chi connectivity index (χ3v) is 2.90. The summed E-state index contributed by atoms with van der Waals surface area (Å²) in [6, 6.07) is 2.84. The minimum Gasteiger partial charge on any atom is -0.367 e. The van der Waals surface area contributed by atoms with E-state index < -0.39 is 0 Å². The monoisotopic (exact) mass is 206 g/mol. The number of aryl methyl sites for hydroxylation is 1. The van der Waals surface area contributed by atoms with E-state index in [1.165, 1.54) is 0 Å². The van der Waals surface area contributed by atoms with Gasteiger partial charge in [-0.3, -0.25) is 0 Å². The average molecular weight is 206 g/mol. The Labute approximate surface area is 90.3 Å². The first kappa shape index (κ1) is 10.4. The maximum absolute atomic E-state index is 5.86. The Hall–Kier alpha value is -1.16. The second kappa shape index (κ2) is 4.57. The summed E-state index contributed by atoms with van der Waals surface area (Å²) in [4.78, 5) is 8.41. The van der Waals surface area contributed by atoms with Crippen LogP contribution >= 0.6 is 0 Å². The fraction of sp³-hybridized carbons (Fsp3) is 0.636. The second-order valence-corrected chi connectivity index (χ2v) is 4.25. The minimum absolute atomic E-state index is 0.398. The van der Waals surface area contributed by atoms with Gasteiger partial charge < -0.3 is 11.1 Å². The number of nitrogens with one attached hydrogen (secondary N) is 1. The quantitative estimate of drug-likeness (QED) is 0.769. The maximum Gasteiger partial charge on any atom is 0.129 e. The van der Waals surface area contributed by atoms with Gasteiger partial charge in [0.2, 0.25) is 0 Å². The predicted octanol–water partition coefficient (Wildman–Crippen LogP) is 1.47. The first-order chi connectivity index (χ1) is 7.24. The number of hydrogen-bond acceptors (Lipinski definition) is 4. The third kappa shape index (κ3) is 2.89. The molecule has 4 heteroatoms. The molecule has 0 aromatic carbocycles. The zero-order chi connectivity index (χ0) is 10.7. The van der Waals surface area contributed by atoms with Crippen molar-refractivity contribution in [3.05, 3.63) is 18.1 Å². The van der Waals surface area contributed by atoms with Gasteiger partial charge in [0.1, 0.15) is 11.6 Å². The lowest BCUT2D eigenvalue weighted by Gasteiger charge is -2.27. The molecule has 0 bridgehead atoms. The van der Waals surface area contributed by atoms with Crippen LogP contribution in [0.2, 0.25) is 0 Å². The molecule has 2 rings (SSSR count). The van der Waals surface area contributed by atoms with Crippen LogP contribution in [0, 0.1) is 6.92 Å². The molecule has 0 unspecified atom stereocenters. The van der Waals surface area contributed by atoms with E-state index in [0.717, 1.165) is 37.3 Å². The van der Waals surface area contributed by atoms with Crippen molar-refractivity contribution < 1.29 is 0 Å². The zero-order valence-corrected chi connectivity index (χ0v) is 9.11. The molecule has 4 nitrogen and oxygen atoms in total. The average Bonchev–Trinajstić information content (AvgIpc) is 2.22. The highest BCUT2D eigenvalue weighted by Gasteiger charge is 2.18. The van der Waals surface area contributed by atoms with Gasteiger partial charge in [-0.1, -0.05) is 0 Å². The van der Waals surface area contributed by atoms with Gasteiger partial charge >= 0.3 is 0 Å². The highest BCUT2D eigenvalue weighted by Crippen LogP contribution is 2.20. The normalized spacial score (nSPS) is 26.3. The second-order valence-electron chi connectivity index (χ2n) is 4.25. The highest BCUT2D eigenvalue weighted by atomic mass is 15.0. The van der Waals surface area contributed by atoms with Crippen LogP contribution in [0.25, 0.3) is 0 Å². The summed E-state index contributed by atoms with van der Waals surface area (Å²) in [7, 11) is 0. The lowest BCUT2D eigenvalue weighted by atomic mass is 9.92. The van der Waals surface area contributed by atoms with Crippen LogP contribution in [-0.2, 0) is 0 Å². The van der Waals surface area contributed by atoms with E-state index in [4.69, 9.17) is 5.73 Å². The predicted molar refractivity (Wildman–Crippen MR) is 60.6 cm³/mol. The maximum atomic E-state index is 5.86. The van der Waals surface area contributed by atoms with Crippen molar-refractivity contribution in [2.45, 2.75) is 44.7 Å². The van der Waals surface area contributed by atoms with Crippen LogP contribution in [0.15, 0.2) is 12.3 Å². The molecule has 0 radical (unpaired) electrons. The van der Waals surface area contributed by atoms with Gasteiger partial charge in [-0.05, 0) is 38.7 Å². The molecule has 1 heterocycles. The SMILES string of the molecule is Cc1nccc(NC2CCC(N)CC2)n1. The summed E-state index contributed by atoms with van der Waals surface area (Å²) >= 11 is 0. The Bertz CT molecular complexity index is 318. The molecule has 1 saturated carbocycles. The molecular weight excluding hydrogens is 188 g/mol. The highest BCUT2D eigenvalue weighted by molar-refractivity contribution is 5.34. The van der Waals surface area contributed by atoms with Gasteiger partial charge in [0, 0.05) is 18.3 Å². The summed E-state index contributed by atoms with van der Waals surface area (Å²) in [5.74, 6) is 1.75. The number of rotatable bonds is 2. The summed E-state index contributed by atoms with van der Waals surface area (Å²) in [5, 5.41) is 3.44. The van der Waals surface area contributed by atoms with Gasteiger partial charge in [0.25, 0.3) is 0 Å². The molecule has 15 heavy (non-hydrogen) atoms. The van der Waals surface area contributed by atoms with Gasteiger partial charge in [-0.2, -0.15) is 0 Å². The van der Waals surface area contributed by atoms with Crippen LogP contribution in [0.3, 0.4) is 0 Å². The fourth-order valence-electron chi connectivity index (χ4n) is 2.01. The van der Waals surface area contributed by atoms with Crippen LogP contribution in [0.4, 0.5) is 5.82 Å². The van der Waals surface area contributed by atoms with Crippen molar-refractivity contribution in [3.63, 3.8) is 0 Å². The number of anilines is 1. The summed E-state index contributed by atoms with van der Waals surface area (Å²) < 4.78 is 0. The Balaban J connectivity index is 1.92. The molecule has 0 aliphatic heterocycles. The van der Waals surface area contributed by atoms with E-state index in [1.54, 1.807) is 6.20 Å². The number of hydrogen-bond donors (Lipinski definition) is 2. The van der Waals surface area contributed by atoms with E-state index in [1.807, 2.05) is 13.0 Å². The molecule has 82 valence electrons. The standard InChI is InChI=1S/C11H18N4/c1-8-13-7-6-11(14-8)15-10-4-2-9(12)3-5-10/h6-7,9-10H,2-5,12H2,1H3,(H,13,14,15). The van der Waals surface area contributed by atoms with Crippen molar-refractivity contribution in [2.24, 2.45) is 5.73 Å². The smallest absolute Gasteiger partial charge is 0.129 e. The lowest BCUT2D eigenvalue weighted by Crippen LogP contribution is -2.33. The van der Waals surface area contributed by atoms with Crippen molar-refractivity contribution in [2.75, 3.05) is 5.32 Å². The Morgan fingerprint density at radius 2 is 2.07 bits per heavy atom. The molecule has 0 atom stereocenters. The van der Waals surface area contributed by atoms with Crippen LogP contribution in [-0.4, -0.2) is 22.1 Å². The molecule has 3 N–H and O–H groups in total. The number of nitrogens with two attached hydrogens (primary N) is 1. The van der Waals surface area contributed by atoms with E-state index >= 15 is 0 Å². The van der Waals surface area contributed by atoms with Crippen LogP contribution in [0.5, 0.6) is 0 Å². The molecule has 1 fully saturated rings. The van der Waals surface area contributed by atoms with Crippen LogP contribution in [0.1, 0.15) is 31.5 Å². The molecule has 1 aliphatic carbocycles. The van der Waals surface area contributed by atoms with E-state index in [-0.39, 0.29) is 0 Å². The molecule has 1 aromatic heterocycles. The summed E-state index contributed by atoms with van der Waals surface area (Å²) in [6.07, 6.45) is 6.30. The van der Waals surface area contributed by atoms with E-state index in [2.05, 4.69) is 15.3 Å². The Morgan fingerprint density at radius 1 is 1.33 bits per heavy atom. The van der Waals surface area contributed by atoms with Crippen molar-refractivity contribution >= 4 is 5.82 Å². The first-order valence-corrected chi connectivity index (χ1v) is 5.56. The molecular formula is C11H18N4. The largest absolute Gasteiger partial charge is 0.367 e. The van der Waals surface area contributed by atoms with E-state index in [0.29, 0.717) is 12.1 Å². The zero-order valence-electron chi connectivity index (χ0n) is 9.11. The molecule has 1 aromatic rings. The number of nitrogens with zero attached hydrogens (tertiary/aromatic N) is 2. The lowest BCUT2D eigenvalue weighted by molar-refractivity contribution is 0.410. The Morgan fingerprint density at radius 3 is 2.73 bits per heavy atom. The summed E-state index contributed by atoms with van der Waals surface area (Å²) in [6.45, 7) is 1.90. The van der Waals surface area contributed by atoms with Gasteiger partial charge in [-0.25, -0.2) is 9.97 Å². The molecule has 0 saturated heterocycles. The van der Waals surface area contributed by atoms with Crippen molar-refractivity contribution in [1.82, 2.24) is 9.97 Å². The first-order valence-electron chi connectivity index (χ1n) is 5.56.